The van der Waals surface area contributed by atoms with Gasteiger partial charge < -0.3 is 14.8 Å². The second-order valence-corrected chi connectivity index (χ2v) is 6.69. The van der Waals surface area contributed by atoms with Gasteiger partial charge in [0.25, 0.3) is 0 Å². The van der Waals surface area contributed by atoms with Gasteiger partial charge in [0, 0.05) is 12.1 Å². The highest BCUT2D eigenvalue weighted by Crippen LogP contribution is 2.30. The van der Waals surface area contributed by atoms with Gasteiger partial charge in [0.05, 0.1) is 13.7 Å². The summed E-state index contributed by atoms with van der Waals surface area (Å²) >= 11 is 0. The monoisotopic (exact) mass is 434 g/mol. The molecule has 0 unspecified atom stereocenters. The molecular weight excluding hydrogens is 413 g/mol. The smallest absolute Gasteiger partial charge is 0.422 e. The number of aryl methyl sites for hydroxylation is 1. The van der Waals surface area contributed by atoms with Crippen molar-refractivity contribution >= 4 is 11.6 Å². The third kappa shape index (κ3) is 6.73. The van der Waals surface area contributed by atoms with Crippen molar-refractivity contribution in [3.05, 3.63) is 66.2 Å². The number of alkyl halides is 3. The predicted octanol–water partition coefficient (Wildman–Crippen LogP) is 3.85. The van der Waals surface area contributed by atoms with Gasteiger partial charge in [-0.15, -0.1) is 0 Å². The molecule has 10 heteroatoms. The van der Waals surface area contributed by atoms with E-state index in [0.29, 0.717) is 18.7 Å². The van der Waals surface area contributed by atoms with Crippen LogP contribution in [0.4, 0.5) is 18.9 Å². The fraction of sp³-hybridized carbons (Fsp3) is 0.286. The Morgan fingerprint density at radius 3 is 2.68 bits per heavy atom. The number of carbonyl (C=O) groups is 1. The lowest BCUT2D eigenvalue weighted by molar-refractivity contribution is -0.153. The van der Waals surface area contributed by atoms with E-state index in [1.54, 1.807) is 29.2 Å². The van der Waals surface area contributed by atoms with Gasteiger partial charge in [-0.25, -0.2) is 9.67 Å². The number of carbonyl (C=O) groups excluding carboxylic acids is 1. The number of halogens is 3. The minimum absolute atomic E-state index is 0.00457. The normalized spacial score (nSPS) is 11.2. The van der Waals surface area contributed by atoms with E-state index in [9.17, 15) is 18.0 Å². The van der Waals surface area contributed by atoms with Crippen molar-refractivity contribution in [1.82, 2.24) is 14.8 Å². The molecule has 0 aliphatic carbocycles. The van der Waals surface area contributed by atoms with Crippen LogP contribution >= 0.6 is 0 Å². The zero-order valence-electron chi connectivity index (χ0n) is 16.7. The molecule has 0 radical (unpaired) electrons. The lowest BCUT2D eigenvalue weighted by atomic mass is 10.1. The number of anilines is 1. The van der Waals surface area contributed by atoms with E-state index in [4.69, 9.17) is 9.47 Å². The van der Waals surface area contributed by atoms with Crippen molar-refractivity contribution in [3.63, 3.8) is 0 Å². The Bertz CT molecular complexity index is 1010. The second kappa shape index (κ2) is 9.96. The number of para-hydroxylation sites is 1. The summed E-state index contributed by atoms with van der Waals surface area (Å²) in [5, 5.41) is 6.95. The van der Waals surface area contributed by atoms with Gasteiger partial charge in [0.15, 0.2) is 18.1 Å². The zero-order chi connectivity index (χ0) is 22.3. The molecule has 0 spiro atoms. The van der Waals surface area contributed by atoms with Crippen molar-refractivity contribution in [2.75, 3.05) is 19.0 Å². The van der Waals surface area contributed by atoms with Crippen molar-refractivity contribution in [2.24, 2.45) is 0 Å². The lowest BCUT2D eigenvalue weighted by Crippen LogP contribution is -2.19. The topological polar surface area (TPSA) is 78.3 Å². The second-order valence-electron chi connectivity index (χ2n) is 6.69. The Balaban J connectivity index is 1.59. The summed E-state index contributed by atoms with van der Waals surface area (Å²) in [5.74, 6) is -0.0159. The highest BCUT2D eigenvalue weighted by molar-refractivity contribution is 5.91. The first-order valence-corrected chi connectivity index (χ1v) is 9.40. The van der Waals surface area contributed by atoms with Gasteiger partial charge >= 0.3 is 6.18 Å². The average molecular weight is 434 g/mol. The van der Waals surface area contributed by atoms with Crippen molar-refractivity contribution in [2.45, 2.75) is 25.6 Å². The van der Waals surface area contributed by atoms with Crippen LogP contribution < -0.4 is 14.8 Å². The molecule has 164 valence electrons. The first kappa shape index (κ1) is 22.1. The molecule has 7 nitrogen and oxygen atoms in total. The van der Waals surface area contributed by atoms with E-state index in [1.165, 1.54) is 19.5 Å². The molecular formula is C21H21F3N4O3. The molecule has 31 heavy (non-hydrogen) atoms. The van der Waals surface area contributed by atoms with E-state index in [2.05, 4.69) is 15.4 Å². The highest BCUT2D eigenvalue weighted by Gasteiger charge is 2.29. The van der Waals surface area contributed by atoms with Crippen LogP contribution in [-0.4, -0.2) is 40.6 Å². The average Bonchev–Trinajstić information content (AvgIpc) is 3.25. The minimum Gasteiger partial charge on any atom is -0.493 e. The number of ether oxygens (including phenoxy) is 2. The summed E-state index contributed by atoms with van der Waals surface area (Å²) < 4.78 is 48.6. The van der Waals surface area contributed by atoms with Crippen LogP contribution in [-0.2, 0) is 17.8 Å². The predicted molar refractivity (Wildman–Crippen MR) is 107 cm³/mol. The number of methoxy groups -OCH3 is 1. The van der Waals surface area contributed by atoms with E-state index in [-0.39, 0.29) is 23.8 Å². The van der Waals surface area contributed by atoms with Crippen molar-refractivity contribution < 1.29 is 27.4 Å². The SMILES string of the molecule is COc1cc(CCC(=O)Nc2ccccc2Cn2cncn2)ccc1OCC(F)(F)F. The fourth-order valence-electron chi connectivity index (χ4n) is 2.89. The number of benzene rings is 2. The fourth-order valence-corrected chi connectivity index (χ4v) is 2.89. The maximum absolute atomic E-state index is 12.4. The van der Waals surface area contributed by atoms with Crippen LogP contribution in [0.25, 0.3) is 0 Å². The largest absolute Gasteiger partial charge is 0.493 e. The van der Waals surface area contributed by atoms with E-state index < -0.39 is 12.8 Å². The summed E-state index contributed by atoms with van der Waals surface area (Å²) in [4.78, 5) is 16.4. The molecule has 0 saturated carbocycles. The highest BCUT2D eigenvalue weighted by atomic mass is 19.4. The van der Waals surface area contributed by atoms with E-state index in [0.717, 1.165) is 11.1 Å². The van der Waals surface area contributed by atoms with Crippen LogP contribution in [0.1, 0.15) is 17.5 Å². The standard InChI is InChI=1S/C21H21F3N4O3/c1-30-19-10-15(6-8-18(19)31-12-21(22,23)24)7-9-20(29)27-17-5-3-2-4-16(17)11-28-14-25-13-26-28/h2-6,8,10,13-14H,7,9,11-12H2,1H3,(H,27,29). The molecule has 0 aliphatic rings. The summed E-state index contributed by atoms with van der Waals surface area (Å²) in [6, 6.07) is 12.0. The number of hydrogen-bond donors (Lipinski definition) is 1. The number of nitrogens with one attached hydrogen (secondary N) is 1. The first-order chi connectivity index (χ1) is 14.8. The molecule has 1 amide bonds. The van der Waals surface area contributed by atoms with Gasteiger partial charge in [-0.3, -0.25) is 4.79 Å². The minimum atomic E-state index is -4.44. The molecule has 0 aliphatic heterocycles. The van der Waals surface area contributed by atoms with Crippen LogP contribution in [0.5, 0.6) is 11.5 Å². The van der Waals surface area contributed by atoms with E-state index >= 15 is 0 Å². The lowest BCUT2D eigenvalue weighted by Gasteiger charge is -2.14. The van der Waals surface area contributed by atoms with Gasteiger partial charge in [0.2, 0.25) is 5.91 Å². The van der Waals surface area contributed by atoms with Gasteiger partial charge in [-0.05, 0) is 35.7 Å². The van der Waals surface area contributed by atoms with Crippen LogP contribution in [0.3, 0.4) is 0 Å². The van der Waals surface area contributed by atoms with Crippen LogP contribution in [0, 0.1) is 0 Å². The van der Waals surface area contributed by atoms with Crippen LogP contribution in [0.15, 0.2) is 55.1 Å². The Hall–Kier alpha value is -3.56. The van der Waals surface area contributed by atoms with Crippen molar-refractivity contribution in [3.8, 4) is 11.5 Å². The first-order valence-electron chi connectivity index (χ1n) is 9.40. The zero-order valence-corrected chi connectivity index (χ0v) is 16.7. The number of nitrogens with zero attached hydrogens (tertiary/aromatic N) is 3. The molecule has 2 aromatic carbocycles. The Labute approximate surface area is 176 Å². The molecule has 0 atom stereocenters. The van der Waals surface area contributed by atoms with Crippen LogP contribution in [0.2, 0.25) is 0 Å². The number of rotatable bonds is 9. The third-order valence-corrected chi connectivity index (χ3v) is 4.35. The number of hydrogen-bond acceptors (Lipinski definition) is 5. The van der Waals surface area contributed by atoms with Gasteiger partial charge in [0.1, 0.15) is 12.7 Å². The molecule has 3 rings (SSSR count). The molecule has 1 N–H and O–H groups in total. The maximum atomic E-state index is 12.4. The Kier molecular flexibility index (Phi) is 7.11. The molecule has 0 fully saturated rings. The molecule has 0 bridgehead atoms. The molecule has 1 aromatic heterocycles. The Morgan fingerprint density at radius 2 is 1.97 bits per heavy atom. The molecule has 1 heterocycles. The summed E-state index contributed by atoms with van der Waals surface area (Å²) in [6.45, 7) is -0.938. The van der Waals surface area contributed by atoms with Crippen molar-refractivity contribution in [1.29, 1.82) is 0 Å². The Morgan fingerprint density at radius 1 is 1.16 bits per heavy atom. The number of amides is 1. The summed E-state index contributed by atoms with van der Waals surface area (Å²) in [7, 11) is 1.35. The number of aromatic nitrogens is 3. The van der Waals surface area contributed by atoms with E-state index in [1.807, 2.05) is 18.2 Å². The molecule has 0 saturated heterocycles. The quantitative estimate of drug-likeness (QED) is 0.554. The molecule has 3 aromatic rings. The summed E-state index contributed by atoms with van der Waals surface area (Å²) in [5.41, 5.74) is 2.30. The van der Waals surface area contributed by atoms with Gasteiger partial charge in [-0.2, -0.15) is 18.3 Å². The summed E-state index contributed by atoms with van der Waals surface area (Å²) in [6.07, 6.45) is -0.842. The third-order valence-electron chi connectivity index (χ3n) is 4.35. The van der Waals surface area contributed by atoms with Gasteiger partial charge in [-0.1, -0.05) is 24.3 Å². The maximum Gasteiger partial charge on any atom is 0.422 e.